The summed E-state index contributed by atoms with van der Waals surface area (Å²) in [6.45, 7) is 2.00. The third kappa shape index (κ3) is 3.69. The molecule has 0 aliphatic rings. The van der Waals surface area contributed by atoms with Crippen molar-refractivity contribution in [3.8, 4) is 0 Å². The number of hydrogen-bond donors (Lipinski definition) is 0. The molecule has 3 aromatic rings. The van der Waals surface area contributed by atoms with Gasteiger partial charge in [-0.25, -0.2) is 4.79 Å². The molecule has 0 saturated carbocycles. The molecule has 0 aliphatic carbocycles. The fourth-order valence-corrected chi connectivity index (χ4v) is 2.49. The highest BCUT2D eigenvalue weighted by Gasteiger charge is 2.12. The van der Waals surface area contributed by atoms with Gasteiger partial charge in [-0.15, -0.1) is 0 Å². The van der Waals surface area contributed by atoms with Crippen LogP contribution in [0.3, 0.4) is 0 Å². The number of carbonyl (C=O) groups is 1. The highest BCUT2D eigenvalue weighted by atomic mass is 16.4. The largest absolute Gasteiger partial charge is 0.422 e. The van der Waals surface area contributed by atoms with E-state index in [4.69, 9.17) is 4.42 Å². The lowest BCUT2D eigenvalue weighted by Crippen LogP contribution is -2.12. The van der Waals surface area contributed by atoms with Crippen molar-refractivity contribution in [2.75, 3.05) is 19.0 Å². The molecule has 1 heterocycles. The molecule has 25 heavy (non-hydrogen) atoms. The fourth-order valence-electron chi connectivity index (χ4n) is 2.49. The maximum Gasteiger partial charge on any atom is 0.347 e. The van der Waals surface area contributed by atoms with Crippen LogP contribution in [0, 0.1) is 6.92 Å². The van der Waals surface area contributed by atoms with Gasteiger partial charge in [-0.2, -0.15) is 0 Å². The van der Waals surface area contributed by atoms with Gasteiger partial charge in [0.05, 0.1) is 0 Å². The second kappa shape index (κ2) is 6.77. The summed E-state index contributed by atoms with van der Waals surface area (Å²) in [4.78, 5) is 26.5. The summed E-state index contributed by atoms with van der Waals surface area (Å²) in [5.41, 5.74) is 2.86. The van der Waals surface area contributed by atoms with Gasteiger partial charge in [0.25, 0.3) is 0 Å². The predicted octanol–water partition coefficient (Wildman–Crippen LogP) is 4.06. The number of ketones is 1. The number of hydrogen-bond acceptors (Lipinski definition) is 4. The first-order valence-corrected chi connectivity index (χ1v) is 7.98. The number of fused-ring (bicyclic) bond motifs is 1. The van der Waals surface area contributed by atoms with Crippen LogP contribution in [0.25, 0.3) is 17.0 Å². The third-order valence-electron chi connectivity index (χ3n) is 4.01. The van der Waals surface area contributed by atoms with Crippen LogP contribution in [-0.4, -0.2) is 19.9 Å². The molecule has 0 saturated heterocycles. The van der Waals surface area contributed by atoms with E-state index in [1.54, 1.807) is 18.2 Å². The van der Waals surface area contributed by atoms with Crippen LogP contribution in [-0.2, 0) is 0 Å². The Balaban J connectivity index is 1.93. The molecule has 4 nitrogen and oxygen atoms in total. The van der Waals surface area contributed by atoms with Crippen molar-refractivity contribution in [3.63, 3.8) is 0 Å². The van der Waals surface area contributed by atoms with Gasteiger partial charge in [0.1, 0.15) is 11.1 Å². The number of rotatable bonds is 4. The molecule has 4 heteroatoms. The summed E-state index contributed by atoms with van der Waals surface area (Å²) in [6, 6.07) is 14.9. The number of nitrogens with zero attached hydrogens (tertiary/aromatic N) is 1. The van der Waals surface area contributed by atoms with Gasteiger partial charge < -0.3 is 9.32 Å². The summed E-state index contributed by atoms with van der Waals surface area (Å²) in [5.74, 6) is -0.368. The van der Waals surface area contributed by atoms with Crippen molar-refractivity contribution in [2.45, 2.75) is 6.92 Å². The number of anilines is 1. The van der Waals surface area contributed by atoms with Gasteiger partial charge in [0, 0.05) is 31.2 Å². The number of benzene rings is 2. The first-order valence-electron chi connectivity index (χ1n) is 7.98. The Bertz CT molecular complexity index is 1010. The Morgan fingerprint density at radius 2 is 1.76 bits per heavy atom. The number of aryl methyl sites for hydroxylation is 1. The molecule has 0 aliphatic heterocycles. The maximum atomic E-state index is 12.4. The maximum absolute atomic E-state index is 12.4. The first-order chi connectivity index (χ1) is 11.9. The molecule has 0 bridgehead atoms. The van der Waals surface area contributed by atoms with E-state index in [9.17, 15) is 9.59 Å². The van der Waals surface area contributed by atoms with E-state index in [2.05, 4.69) is 0 Å². The fraction of sp³-hybridized carbons (Fsp3) is 0.143. The molecular formula is C21H19NO3. The van der Waals surface area contributed by atoms with Gasteiger partial charge >= 0.3 is 5.63 Å². The lowest BCUT2D eigenvalue weighted by atomic mass is 10.1. The van der Waals surface area contributed by atoms with E-state index in [1.165, 1.54) is 6.08 Å². The van der Waals surface area contributed by atoms with Gasteiger partial charge in [-0.1, -0.05) is 35.9 Å². The summed E-state index contributed by atoms with van der Waals surface area (Å²) >= 11 is 0. The molecule has 0 N–H and O–H groups in total. The summed E-state index contributed by atoms with van der Waals surface area (Å²) in [5, 5.41) is 0.720. The monoisotopic (exact) mass is 333 g/mol. The van der Waals surface area contributed by atoms with Crippen molar-refractivity contribution in [1.29, 1.82) is 0 Å². The van der Waals surface area contributed by atoms with E-state index >= 15 is 0 Å². The Morgan fingerprint density at radius 1 is 1.04 bits per heavy atom. The Hall–Kier alpha value is -3.14. The molecular weight excluding hydrogens is 314 g/mol. The predicted molar refractivity (Wildman–Crippen MR) is 101 cm³/mol. The average Bonchev–Trinajstić information content (AvgIpc) is 2.59. The van der Waals surface area contributed by atoms with Crippen LogP contribution >= 0.6 is 0 Å². The molecule has 0 fully saturated rings. The Kier molecular flexibility index (Phi) is 4.52. The second-order valence-corrected chi connectivity index (χ2v) is 6.17. The van der Waals surface area contributed by atoms with Gasteiger partial charge in [0.2, 0.25) is 0 Å². The van der Waals surface area contributed by atoms with Crippen LogP contribution < -0.4 is 10.5 Å². The molecule has 0 atom stereocenters. The minimum absolute atomic E-state index is 0.0356. The third-order valence-corrected chi connectivity index (χ3v) is 4.01. The molecule has 1 aromatic heterocycles. The summed E-state index contributed by atoms with van der Waals surface area (Å²) in [6.07, 6.45) is 3.09. The van der Waals surface area contributed by atoms with Crippen molar-refractivity contribution >= 4 is 28.5 Å². The Morgan fingerprint density at radius 3 is 2.44 bits per heavy atom. The molecule has 0 spiro atoms. The lowest BCUT2D eigenvalue weighted by molar-refractivity contribution is 0.104. The summed E-state index contributed by atoms with van der Waals surface area (Å²) < 4.78 is 5.34. The molecule has 2 aromatic carbocycles. The smallest absolute Gasteiger partial charge is 0.347 e. The minimum atomic E-state index is -0.623. The van der Waals surface area contributed by atoms with Gasteiger partial charge in [-0.3, -0.25) is 4.79 Å². The van der Waals surface area contributed by atoms with Crippen LogP contribution in [0.2, 0.25) is 0 Å². The average molecular weight is 333 g/mol. The first kappa shape index (κ1) is 16.7. The molecule has 0 unspecified atom stereocenters. The molecule has 0 radical (unpaired) electrons. The quantitative estimate of drug-likeness (QED) is 0.410. The van der Waals surface area contributed by atoms with Crippen molar-refractivity contribution in [3.05, 3.63) is 81.7 Å². The topological polar surface area (TPSA) is 50.5 Å². The number of allylic oxidation sites excluding steroid dienone is 1. The van der Waals surface area contributed by atoms with Crippen molar-refractivity contribution in [1.82, 2.24) is 0 Å². The zero-order valence-electron chi connectivity index (χ0n) is 14.4. The minimum Gasteiger partial charge on any atom is -0.422 e. The van der Waals surface area contributed by atoms with E-state index < -0.39 is 5.63 Å². The SMILES string of the molecule is Cc1ccc(/C=C/C(=O)c2cc3ccc(N(C)C)cc3oc2=O)cc1. The molecule has 0 amide bonds. The molecule has 3 rings (SSSR count). The van der Waals surface area contributed by atoms with E-state index in [0.29, 0.717) is 5.58 Å². The number of carbonyl (C=O) groups excluding carboxylic acids is 1. The summed E-state index contributed by atoms with van der Waals surface area (Å²) in [7, 11) is 3.82. The zero-order valence-corrected chi connectivity index (χ0v) is 14.4. The van der Waals surface area contributed by atoms with Crippen LogP contribution in [0.1, 0.15) is 21.5 Å². The second-order valence-electron chi connectivity index (χ2n) is 6.17. The van der Waals surface area contributed by atoms with Gasteiger partial charge in [0.15, 0.2) is 5.78 Å². The zero-order chi connectivity index (χ0) is 18.0. The normalized spacial score (nSPS) is 11.2. The standard InChI is InChI=1S/C21H19NO3/c1-14-4-6-15(7-5-14)8-11-19(23)18-12-16-9-10-17(22(2)3)13-20(16)25-21(18)24/h4-13H,1-3H3/b11-8+. The van der Waals surface area contributed by atoms with E-state index in [-0.39, 0.29) is 11.3 Å². The van der Waals surface area contributed by atoms with Crippen LogP contribution in [0.4, 0.5) is 5.69 Å². The van der Waals surface area contributed by atoms with E-state index in [1.807, 2.05) is 62.3 Å². The molecule has 126 valence electrons. The van der Waals surface area contributed by atoms with Crippen LogP contribution in [0.15, 0.2) is 63.8 Å². The van der Waals surface area contributed by atoms with Crippen molar-refractivity contribution in [2.24, 2.45) is 0 Å². The van der Waals surface area contributed by atoms with Gasteiger partial charge in [-0.05, 0) is 36.8 Å². The van der Waals surface area contributed by atoms with Crippen LogP contribution in [0.5, 0.6) is 0 Å². The Labute approximate surface area is 146 Å². The highest BCUT2D eigenvalue weighted by molar-refractivity contribution is 6.07. The van der Waals surface area contributed by atoms with Crippen molar-refractivity contribution < 1.29 is 9.21 Å². The van der Waals surface area contributed by atoms with E-state index in [0.717, 1.165) is 22.2 Å². The lowest BCUT2D eigenvalue weighted by Gasteiger charge is -2.12. The highest BCUT2D eigenvalue weighted by Crippen LogP contribution is 2.20.